The standard InChI is InChI=1S/C29H26ClNO11/c1-38-16-9-3-13(4-10-16)18-11-17(32)21-19(40-18)12-20(26(39-2)22(21)33)41-29-25(36)23(34)24(35)27(42-29)28(37)31-15-7-5-14(30)6-8-15/h3-12,23-25,27,29,33-36H,1-2H3,(H,31,37). The van der Waals surface area contributed by atoms with Crippen LogP contribution >= 0.6 is 11.6 Å². The summed E-state index contributed by atoms with van der Waals surface area (Å²) in [7, 11) is 2.73. The van der Waals surface area contributed by atoms with Gasteiger partial charge in [0.25, 0.3) is 5.91 Å². The van der Waals surface area contributed by atoms with Gasteiger partial charge in [-0.3, -0.25) is 9.59 Å². The van der Waals surface area contributed by atoms with Crippen molar-refractivity contribution in [1.29, 1.82) is 0 Å². The summed E-state index contributed by atoms with van der Waals surface area (Å²) in [5.74, 6) is -1.22. The zero-order valence-electron chi connectivity index (χ0n) is 22.2. The molecule has 1 aliphatic rings. The van der Waals surface area contributed by atoms with Crippen molar-refractivity contribution in [2.45, 2.75) is 30.7 Å². The summed E-state index contributed by atoms with van der Waals surface area (Å²) in [5.41, 5.74) is 0.215. The minimum absolute atomic E-state index is 0.0930. The Morgan fingerprint density at radius 2 is 1.62 bits per heavy atom. The number of anilines is 1. The van der Waals surface area contributed by atoms with Crippen LogP contribution in [0.5, 0.6) is 23.0 Å². The molecule has 1 saturated heterocycles. The maximum atomic E-state index is 13.0. The van der Waals surface area contributed by atoms with Gasteiger partial charge in [0.1, 0.15) is 40.8 Å². The normalized spacial score (nSPS) is 22.0. The molecule has 13 heteroatoms. The number of aromatic hydroxyl groups is 1. The van der Waals surface area contributed by atoms with Crippen LogP contribution in [0.4, 0.5) is 5.69 Å². The molecule has 1 fully saturated rings. The molecule has 220 valence electrons. The minimum atomic E-state index is -1.86. The Labute approximate surface area is 243 Å². The lowest BCUT2D eigenvalue weighted by Gasteiger charge is -2.39. The second kappa shape index (κ2) is 11.9. The first-order chi connectivity index (χ1) is 20.1. The number of nitrogens with one attached hydrogen (secondary N) is 1. The number of hydrogen-bond donors (Lipinski definition) is 5. The topological polar surface area (TPSA) is 177 Å². The summed E-state index contributed by atoms with van der Waals surface area (Å²) in [5, 5.41) is 45.3. The van der Waals surface area contributed by atoms with Gasteiger partial charge >= 0.3 is 0 Å². The lowest BCUT2D eigenvalue weighted by atomic mass is 9.98. The van der Waals surface area contributed by atoms with E-state index in [9.17, 15) is 30.0 Å². The van der Waals surface area contributed by atoms with Gasteiger partial charge in [-0.25, -0.2) is 0 Å². The monoisotopic (exact) mass is 599 g/mol. The number of aliphatic hydroxyl groups is 3. The number of aliphatic hydroxyl groups excluding tert-OH is 3. The highest BCUT2D eigenvalue weighted by Gasteiger charge is 2.48. The van der Waals surface area contributed by atoms with Gasteiger partial charge in [-0.15, -0.1) is 0 Å². The first-order valence-electron chi connectivity index (χ1n) is 12.6. The Bertz CT molecular complexity index is 1660. The van der Waals surface area contributed by atoms with Gasteiger partial charge in [0, 0.05) is 28.4 Å². The van der Waals surface area contributed by atoms with Crippen LogP contribution in [0.2, 0.25) is 5.02 Å². The number of rotatable bonds is 7. The second-order valence-corrected chi connectivity index (χ2v) is 9.78. The molecule has 5 rings (SSSR count). The minimum Gasteiger partial charge on any atom is -0.504 e. The third-order valence-electron chi connectivity index (χ3n) is 6.67. The number of fused-ring (bicyclic) bond motifs is 1. The van der Waals surface area contributed by atoms with Crippen LogP contribution in [0.25, 0.3) is 22.3 Å². The van der Waals surface area contributed by atoms with Crippen LogP contribution in [0, 0.1) is 0 Å². The number of methoxy groups -OCH3 is 2. The van der Waals surface area contributed by atoms with Crippen molar-refractivity contribution in [2.24, 2.45) is 0 Å². The molecule has 1 aliphatic heterocycles. The number of halogens is 1. The Hall–Kier alpha value is -4.33. The number of amides is 1. The predicted molar refractivity (Wildman–Crippen MR) is 150 cm³/mol. The maximum absolute atomic E-state index is 13.0. The molecule has 2 heterocycles. The van der Waals surface area contributed by atoms with Gasteiger partial charge in [-0.1, -0.05) is 11.6 Å². The van der Waals surface area contributed by atoms with Gasteiger partial charge in [0.15, 0.2) is 23.0 Å². The van der Waals surface area contributed by atoms with E-state index in [-0.39, 0.29) is 28.2 Å². The van der Waals surface area contributed by atoms with E-state index < -0.39 is 47.8 Å². The molecule has 1 amide bonds. The molecule has 5 N–H and O–H groups in total. The van der Waals surface area contributed by atoms with Crippen LogP contribution in [-0.4, -0.2) is 71.3 Å². The van der Waals surface area contributed by atoms with Crippen molar-refractivity contribution in [1.82, 2.24) is 0 Å². The zero-order valence-corrected chi connectivity index (χ0v) is 22.9. The van der Waals surface area contributed by atoms with Crippen molar-refractivity contribution in [3.63, 3.8) is 0 Å². The van der Waals surface area contributed by atoms with Gasteiger partial charge in [0.05, 0.1) is 14.2 Å². The number of benzene rings is 3. The van der Waals surface area contributed by atoms with Gasteiger partial charge in [-0.2, -0.15) is 0 Å². The van der Waals surface area contributed by atoms with Gasteiger partial charge < -0.3 is 49.1 Å². The molecule has 0 bridgehead atoms. The SMILES string of the molecule is COc1ccc(-c2cc(=O)c3c(O)c(OC)c(OC4OC(C(=O)Nc5ccc(Cl)cc5)C(O)C(O)C4O)cc3o2)cc1. The van der Waals surface area contributed by atoms with Crippen LogP contribution in [0.3, 0.4) is 0 Å². The fraction of sp³-hybridized carbons (Fsp3) is 0.241. The van der Waals surface area contributed by atoms with E-state index >= 15 is 0 Å². The number of carbonyl (C=O) groups is 1. The molecule has 0 radical (unpaired) electrons. The maximum Gasteiger partial charge on any atom is 0.256 e. The lowest BCUT2D eigenvalue weighted by Crippen LogP contribution is -2.62. The number of hydrogen-bond acceptors (Lipinski definition) is 11. The Morgan fingerprint density at radius 3 is 2.26 bits per heavy atom. The second-order valence-electron chi connectivity index (χ2n) is 9.34. The van der Waals surface area contributed by atoms with Crippen molar-refractivity contribution in [3.05, 3.63) is 75.9 Å². The van der Waals surface area contributed by atoms with E-state index in [2.05, 4.69) is 5.32 Å². The smallest absolute Gasteiger partial charge is 0.256 e. The van der Waals surface area contributed by atoms with E-state index in [1.165, 1.54) is 50.6 Å². The number of ether oxygens (including phenoxy) is 4. The van der Waals surface area contributed by atoms with E-state index in [0.29, 0.717) is 22.0 Å². The average Bonchev–Trinajstić information content (AvgIpc) is 2.98. The molecule has 5 unspecified atom stereocenters. The highest BCUT2D eigenvalue weighted by Crippen LogP contribution is 2.43. The van der Waals surface area contributed by atoms with E-state index in [4.69, 9.17) is 35.0 Å². The van der Waals surface area contributed by atoms with Crippen molar-refractivity contribution in [2.75, 3.05) is 19.5 Å². The van der Waals surface area contributed by atoms with Crippen molar-refractivity contribution >= 4 is 34.2 Å². The highest BCUT2D eigenvalue weighted by atomic mass is 35.5. The highest BCUT2D eigenvalue weighted by molar-refractivity contribution is 6.30. The average molecular weight is 600 g/mol. The fourth-order valence-corrected chi connectivity index (χ4v) is 4.60. The summed E-state index contributed by atoms with van der Waals surface area (Å²) < 4.78 is 27.6. The lowest BCUT2D eigenvalue weighted by molar-refractivity contribution is -0.265. The van der Waals surface area contributed by atoms with Gasteiger partial charge in [-0.05, 0) is 48.5 Å². The van der Waals surface area contributed by atoms with Crippen LogP contribution in [0.1, 0.15) is 0 Å². The number of phenols is 1. The molecule has 5 atom stereocenters. The molecule has 42 heavy (non-hydrogen) atoms. The molecule has 0 saturated carbocycles. The summed E-state index contributed by atoms with van der Waals surface area (Å²) in [4.78, 5) is 25.9. The zero-order chi connectivity index (χ0) is 30.1. The van der Waals surface area contributed by atoms with E-state index in [0.717, 1.165) is 0 Å². The Morgan fingerprint density at radius 1 is 0.929 bits per heavy atom. The third kappa shape index (κ3) is 5.58. The molecular formula is C29H26ClNO11. The summed E-state index contributed by atoms with van der Waals surface area (Å²) >= 11 is 5.87. The van der Waals surface area contributed by atoms with E-state index in [1.54, 1.807) is 24.3 Å². The first-order valence-corrected chi connectivity index (χ1v) is 12.9. The summed E-state index contributed by atoms with van der Waals surface area (Å²) in [6.45, 7) is 0. The van der Waals surface area contributed by atoms with Crippen LogP contribution in [0.15, 0.2) is 69.9 Å². The van der Waals surface area contributed by atoms with Crippen LogP contribution < -0.4 is 25.0 Å². The Balaban J connectivity index is 1.48. The number of carbonyl (C=O) groups excluding carboxylic acids is 1. The molecule has 3 aromatic carbocycles. The summed E-state index contributed by atoms with van der Waals surface area (Å²) in [6.07, 6.45) is -8.91. The molecule has 0 aliphatic carbocycles. The largest absolute Gasteiger partial charge is 0.504 e. The molecule has 0 spiro atoms. The fourth-order valence-electron chi connectivity index (χ4n) is 4.48. The molecule has 1 aromatic heterocycles. The van der Waals surface area contributed by atoms with Crippen molar-refractivity contribution < 1.29 is 48.6 Å². The van der Waals surface area contributed by atoms with Crippen LogP contribution in [-0.2, 0) is 9.53 Å². The quantitative estimate of drug-likeness (QED) is 0.211. The molecule has 12 nitrogen and oxygen atoms in total. The predicted octanol–water partition coefficient (Wildman–Crippen LogP) is 2.66. The Kier molecular flexibility index (Phi) is 8.25. The van der Waals surface area contributed by atoms with Crippen molar-refractivity contribution in [3.8, 4) is 34.3 Å². The first kappa shape index (κ1) is 29.2. The third-order valence-corrected chi connectivity index (χ3v) is 6.93. The van der Waals surface area contributed by atoms with Gasteiger partial charge in [0.2, 0.25) is 12.0 Å². The molecular weight excluding hydrogens is 574 g/mol. The summed E-state index contributed by atoms with van der Waals surface area (Å²) in [6, 6.07) is 15.3. The van der Waals surface area contributed by atoms with E-state index in [1.807, 2.05) is 0 Å². The number of phenolic OH excluding ortho intramolecular Hbond substituents is 1. The molecule has 4 aromatic rings.